The van der Waals surface area contributed by atoms with E-state index in [1.165, 1.54) is 0 Å². The minimum absolute atomic E-state index is 0.341. The van der Waals surface area contributed by atoms with E-state index in [0.29, 0.717) is 17.7 Å². The Morgan fingerprint density at radius 3 is 2.86 bits per heavy atom. The molecule has 7 heteroatoms. The van der Waals surface area contributed by atoms with Gasteiger partial charge in [-0.2, -0.15) is 4.98 Å². The van der Waals surface area contributed by atoms with Gasteiger partial charge < -0.3 is 15.2 Å². The quantitative estimate of drug-likeness (QED) is 0.902. The summed E-state index contributed by atoms with van der Waals surface area (Å²) in [5.41, 5.74) is 8.83. The molecule has 0 bridgehead atoms. The summed E-state index contributed by atoms with van der Waals surface area (Å²) in [6, 6.07) is 3.83. The van der Waals surface area contributed by atoms with Gasteiger partial charge in [0.25, 0.3) is 0 Å². The van der Waals surface area contributed by atoms with Crippen molar-refractivity contribution in [1.29, 1.82) is 0 Å². The summed E-state index contributed by atoms with van der Waals surface area (Å²) in [7, 11) is 3.21. The van der Waals surface area contributed by atoms with Crippen LogP contribution in [0, 0.1) is 0 Å². The van der Waals surface area contributed by atoms with Crippen molar-refractivity contribution in [3.63, 3.8) is 0 Å². The van der Waals surface area contributed by atoms with Crippen molar-refractivity contribution >= 4 is 5.95 Å². The van der Waals surface area contributed by atoms with E-state index in [0.717, 1.165) is 42.9 Å². The first kappa shape index (κ1) is 14.5. The van der Waals surface area contributed by atoms with Crippen LogP contribution in [-0.2, 0) is 19.5 Å². The number of hydrogen-bond donors (Lipinski definition) is 1. The van der Waals surface area contributed by atoms with E-state index in [9.17, 15) is 0 Å². The third-order valence-corrected chi connectivity index (χ3v) is 3.74. The number of aromatic nitrogens is 3. The van der Waals surface area contributed by atoms with Gasteiger partial charge in [0.2, 0.25) is 17.7 Å². The fourth-order valence-electron chi connectivity index (χ4n) is 2.63. The van der Waals surface area contributed by atoms with Gasteiger partial charge in [-0.3, -0.25) is 4.90 Å². The van der Waals surface area contributed by atoms with Crippen LogP contribution in [0.15, 0.2) is 18.3 Å². The SMILES string of the molecule is COc1ccc(CN2CCc3nc(N)ncc3C2)c(OC)n1. The summed E-state index contributed by atoms with van der Waals surface area (Å²) < 4.78 is 10.5. The standard InChI is InChI=1S/C15H19N5O2/c1-21-13-4-3-10(14(19-13)22-2)8-20-6-5-12-11(9-20)7-17-15(16)18-12/h3-4,7H,5-6,8-9H2,1-2H3,(H2,16,17,18). The van der Waals surface area contributed by atoms with Crippen molar-refractivity contribution < 1.29 is 9.47 Å². The average molecular weight is 301 g/mol. The molecule has 0 unspecified atom stereocenters. The predicted octanol–water partition coefficient (Wildman–Crippen LogP) is 1.03. The molecule has 7 nitrogen and oxygen atoms in total. The highest BCUT2D eigenvalue weighted by Gasteiger charge is 2.19. The maximum atomic E-state index is 5.63. The van der Waals surface area contributed by atoms with Gasteiger partial charge in [-0.1, -0.05) is 0 Å². The van der Waals surface area contributed by atoms with Gasteiger partial charge in [-0.05, 0) is 6.07 Å². The van der Waals surface area contributed by atoms with E-state index in [1.54, 1.807) is 14.2 Å². The van der Waals surface area contributed by atoms with Crippen LogP contribution in [0.3, 0.4) is 0 Å². The monoisotopic (exact) mass is 301 g/mol. The third kappa shape index (κ3) is 2.94. The maximum absolute atomic E-state index is 5.63. The van der Waals surface area contributed by atoms with Crippen LogP contribution in [-0.4, -0.2) is 40.6 Å². The number of pyridine rings is 1. The van der Waals surface area contributed by atoms with Crippen LogP contribution in [0.4, 0.5) is 5.95 Å². The lowest BCUT2D eigenvalue weighted by Crippen LogP contribution is -2.31. The van der Waals surface area contributed by atoms with Crippen LogP contribution in [0.1, 0.15) is 16.8 Å². The largest absolute Gasteiger partial charge is 0.481 e. The Labute approximate surface area is 129 Å². The molecular formula is C15H19N5O2. The second-order valence-electron chi connectivity index (χ2n) is 5.18. The lowest BCUT2D eigenvalue weighted by atomic mass is 10.1. The Bertz CT molecular complexity index is 677. The van der Waals surface area contributed by atoms with Gasteiger partial charge in [-0.15, -0.1) is 0 Å². The first-order valence-electron chi connectivity index (χ1n) is 7.10. The Balaban J connectivity index is 1.76. The number of nitrogen functional groups attached to an aromatic ring is 1. The van der Waals surface area contributed by atoms with Gasteiger partial charge >= 0.3 is 0 Å². The Morgan fingerprint density at radius 1 is 1.23 bits per heavy atom. The molecule has 0 aromatic carbocycles. The molecule has 0 radical (unpaired) electrons. The zero-order chi connectivity index (χ0) is 15.5. The van der Waals surface area contributed by atoms with Crippen LogP contribution in [0.25, 0.3) is 0 Å². The molecule has 0 spiro atoms. The number of ether oxygens (including phenoxy) is 2. The Hall–Kier alpha value is -2.41. The van der Waals surface area contributed by atoms with Crippen LogP contribution < -0.4 is 15.2 Å². The lowest BCUT2D eigenvalue weighted by Gasteiger charge is -2.28. The fraction of sp³-hybridized carbons (Fsp3) is 0.400. The number of rotatable bonds is 4. The van der Waals surface area contributed by atoms with Crippen molar-refractivity contribution in [2.45, 2.75) is 19.5 Å². The van der Waals surface area contributed by atoms with Crippen molar-refractivity contribution in [3.8, 4) is 11.8 Å². The molecule has 0 fully saturated rings. The van der Waals surface area contributed by atoms with E-state index in [2.05, 4.69) is 19.9 Å². The molecule has 3 heterocycles. The molecule has 2 aromatic rings. The topological polar surface area (TPSA) is 86.4 Å². The molecule has 0 atom stereocenters. The minimum atomic E-state index is 0.341. The molecule has 22 heavy (non-hydrogen) atoms. The second kappa shape index (κ2) is 6.15. The van der Waals surface area contributed by atoms with Crippen LogP contribution in [0.5, 0.6) is 11.8 Å². The molecule has 1 aliphatic rings. The van der Waals surface area contributed by atoms with Crippen LogP contribution >= 0.6 is 0 Å². The number of nitrogens with two attached hydrogens (primary N) is 1. The van der Waals surface area contributed by atoms with E-state index in [4.69, 9.17) is 15.2 Å². The molecule has 2 aromatic heterocycles. The first-order chi connectivity index (χ1) is 10.7. The molecule has 0 saturated heterocycles. The highest BCUT2D eigenvalue weighted by atomic mass is 16.5. The maximum Gasteiger partial charge on any atom is 0.220 e. The van der Waals surface area contributed by atoms with E-state index < -0.39 is 0 Å². The van der Waals surface area contributed by atoms with Gasteiger partial charge in [0, 0.05) is 49.4 Å². The zero-order valence-electron chi connectivity index (χ0n) is 12.7. The van der Waals surface area contributed by atoms with E-state index >= 15 is 0 Å². The van der Waals surface area contributed by atoms with E-state index in [-0.39, 0.29) is 0 Å². The highest BCUT2D eigenvalue weighted by Crippen LogP contribution is 2.24. The lowest BCUT2D eigenvalue weighted by molar-refractivity contribution is 0.237. The summed E-state index contributed by atoms with van der Waals surface area (Å²) >= 11 is 0. The predicted molar refractivity (Wildman–Crippen MR) is 81.6 cm³/mol. The number of methoxy groups -OCH3 is 2. The molecule has 0 amide bonds. The molecule has 116 valence electrons. The normalized spacial score (nSPS) is 14.5. The summed E-state index contributed by atoms with van der Waals surface area (Å²) in [5, 5.41) is 0. The van der Waals surface area contributed by atoms with Gasteiger partial charge in [0.15, 0.2) is 0 Å². The van der Waals surface area contributed by atoms with Crippen molar-refractivity contribution in [1.82, 2.24) is 19.9 Å². The number of anilines is 1. The number of hydrogen-bond acceptors (Lipinski definition) is 7. The van der Waals surface area contributed by atoms with Crippen molar-refractivity contribution in [3.05, 3.63) is 35.2 Å². The molecule has 0 saturated carbocycles. The minimum Gasteiger partial charge on any atom is -0.481 e. The molecule has 0 aliphatic carbocycles. The Morgan fingerprint density at radius 2 is 2.09 bits per heavy atom. The van der Waals surface area contributed by atoms with Crippen molar-refractivity contribution in [2.75, 3.05) is 26.5 Å². The summed E-state index contributed by atoms with van der Waals surface area (Å²) in [6.45, 7) is 2.47. The molecular weight excluding hydrogens is 282 g/mol. The number of fused-ring (bicyclic) bond motifs is 1. The fourth-order valence-corrected chi connectivity index (χ4v) is 2.63. The van der Waals surface area contributed by atoms with Gasteiger partial charge in [0.1, 0.15) is 0 Å². The van der Waals surface area contributed by atoms with E-state index in [1.807, 2.05) is 18.3 Å². The second-order valence-corrected chi connectivity index (χ2v) is 5.18. The Kier molecular flexibility index (Phi) is 4.06. The third-order valence-electron chi connectivity index (χ3n) is 3.74. The van der Waals surface area contributed by atoms with Crippen molar-refractivity contribution in [2.24, 2.45) is 0 Å². The summed E-state index contributed by atoms with van der Waals surface area (Å²) in [4.78, 5) is 15.0. The van der Waals surface area contributed by atoms with Crippen LogP contribution in [0.2, 0.25) is 0 Å². The molecule has 3 rings (SSSR count). The molecule has 1 aliphatic heterocycles. The average Bonchev–Trinajstić information content (AvgIpc) is 2.55. The first-order valence-corrected chi connectivity index (χ1v) is 7.10. The smallest absolute Gasteiger partial charge is 0.220 e. The van der Waals surface area contributed by atoms with Gasteiger partial charge in [-0.25, -0.2) is 9.97 Å². The highest BCUT2D eigenvalue weighted by molar-refractivity contribution is 5.31. The zero-order valence-corrected chi connectivity index (χ0v) is 12.7. The molecule has 2 N–H and O–H groups in total. The number of nitrogens with zero attached hydrogens (tertiary/aromatic N) is 4. The summed E-state index contributed by atoms with van der Waals surface area (Å²) in [5.74, 6) is 1.49. The summed E-state index contributed by atoms with van der Waals surface area (Å²) in [6.07, 6.45) is 2.68. The van der Waals surface area contributed by atoms with Gasteiger partial charge in [0.05, 0.1) is 19.9 Å².